The van der Waals surface area contributed by atoms with Crippen molar-refractivity contribution in [1.29, 1.82) is 0 Å². The van der Waals surface area contributed by atoms with E-state index < -0.39 is 0 Å². The Bertz CT molecular complexity index is 418. The fourth-order valence-corrected chi connectivity index (χ4v) is 1.85. The SMILES string of the molecule is Clc1cnc(CSc2ccccn2)cn1. The van der Waals surface area contributed by atoms with Gasteiger partial charge in [0.15, 0.2) is 0 Å². The molecule has 0 unspecified atom stereocenters. The molecule has 0 atom stereocenters. The summed E-state index contributed by atoms with van der Waals surface area (Å²) in [6, 6.07) is 5.82. The van der Waals surface area contributed by atoms with E-state index in [2.05, 4.69) is 15.0 Å². The zero-order valence-corrected chi connectivity index (χ0v) is 9.37. The van der Waals surface area contributed by atoms with Crippen molar-refractivity contribution < 1.29 is 0 Å². The number of halogens is 1. The maximum Gasteiger partial charge on any atom is 0.147 e. The third-order valence-electron chi connectivity index (χ3n) is 1.68. The van der Waals surface area contributed by atoms with Gasteiger partial charge in [0, 0.05) is 11.9 Å². The van der Waals surface area contributed by atoms with Crippen molar-refractivity contribution in [2.45, 2.75) is 10.8 Å². The van der Waals surface area contributed by atoms with Crippen molar-refractivity contribution in [3.8, 4) is 0 Å². The molecule has 0 saturated heterocycles. The summed E-state index contributed by atoms with van der Waals surface area (Å²) in [5.74, 6) is 0.751. The Labute approximate surface area is 96.9 Å². The van der Waals surface area contributed by atoms with E-state index in [4.69, 9.17) is 11.6 Å². The van der Waals surface area contributed by atoms with E-state index >= 15 is 0 Å². The number of thioether (sulfide) groups is 1. The largest absolute Gasteiger partial charge is 0.256 e. The molecule has 0 aromatic carbocycles. The van der Waals surface area contributed by atoms with Crippen LogP contribution in [0.5, 0.6) is 0 Å². The van der Waals surface area contributed by atoms with Gasteiger partial charge in [-0.05, 0) is 12.1 Å². The van der Waals surface area contributed by atoms with Crippen molar-refractivity contribution in [3.05, 3.63) is 47.6 Å². The van der Waals surface area contributed by atoms with Crippen LogP contribution < -0.4 is 0 Å². The Balaban J connectivity index is 1.96. The van der Waals surface area contributed by atoms with Gasteiger partial charge in [0.05, 0.1) is 23.1 Å². The molecule has 0 aliphatic heterocycles. The zero-order valence-electron chi connectivity index (χ0n) is 7.80. The fourth-order valence-electron chi connectivity index (χ4n) is 0.994. The molecule has 3 nitrogen and oxygen atoms in total. The molecule has 0 fully saturated rings. The van der Waals surface area contributed by atoms with E-state index in [1.807, 2.05) is 18.2 Å². The van der Waals surface area contributed by atoms with Crippen molar-refractivity contribution >= 4 is 23.4 Å². The van der Waals surface area contributed by atoms with Crippen LogP contribution in [-0.2, 0) is 5.75 Å². The Hall–Kier alpha value is -1.13. The van der Waals surface area contributed by atoms with Crippen LogP contribution in [0.3, 0.4) is 0 Å². The van der Waals surface area contributed by atoms with Gasteiger partial charge in [0.2, 0.25) is 0 Å². The van der Waals surface area contributed by atoms with Gasteiger partial charge in [-0.25, -0.2) is 9.97 Å². The number of nitrogens with zero attached hydrogens (tertiary/aromatic N) is 3. The average Bonchev–Trinajstić information content (AvgIpc) is 2.30. The number of rotatable bonds is 3. The summed E-state index contributed by atoms with van der Waals surface area (Å²) >= 11 is 7.26. The first kappa shape index (κ1) is 10.4. The van der Waals surface area contributed by atoms with Gasteiger partial charge in [-0.2, -0.15) is 0 Å². The summed E-state index contributed by atoms with van der Waals surface area (Å²) in [6.45, 7) is 0. The molecule has 0 amide bonds. The predicted octanol–water partition coefficient (Wildman–Crippen LogP) is 2.82. The summed E-state index contributed by atoms with van der Waals surface area (Å²) < 4.78 is 0. The van der Waals surface area contributed by atoms with Gasteiger partial charge >= 0.3 is 0 Å². The van der Waals surface area contributed by atoms with Crippen LogP contribution in [0.2, 0.25) is 5.15 Å². The molecule has 5 heteroatoms. The second-order valence-electron chi connectivity index (χ2n) is 2.79. The first-order chi connectivity index (χ1) is 7.34. The average molecular weight is 238 g/mol. The van der Waals surface area contributed by atoms with Crippen molar-refractivity contribution in [2.75, 3.05) is 0 Å². The van der Waals surface area contributed by atoms with Gasteiger partial charge in [0.25, 0.3) is 0 Å². The summed E-state index contributed by atoms with van der Waals surface area (Å²) in [5, 5.41) is 1.40. The monoisotopic (exact) mass is 237 g/mol. The van der Waals surface area contributed by atoms with Gasteiger partial charge < -0.3 is 0 Å². The minimum Gasteiger partial charge on any atom is -0.256 e. The first-order valence-electron chi connectivity index (χ1n) is 4.35. The molecular weight excluding hydrogens is 230 g/mol. The third kappa shape index (κ3) is 3.18. The summed E-state index contributed by atoms with van der Waals surface area (Å²) in [6.07, 6.45) is 5.00. The van der Waals surface area contributed by atoms with E-state index in [9.17, 15) is 0 Å². The minimum atomic E-state index is 0.418. The van der Waals surface area contributed by atoms with Crippen LogP contribution in [0.15, 0.2) is 41.8 Å². The smallest absolute Gasteiger partial charge is 0.147 e. The highest BCUT2D eigenvalue weighted by Crippen LogP contribution is 2.18. The topological polar surface area (TPSA) is 38.7 Å². The van der Waals surface area contributed by atoms with Gasteiger partial charge in [-0.1, -0.05) is 29.4 Å². The Morgan fingerprint density at radius 3 is 2.73 bits per heavy atom. The molecule has 0 radical (unpaired) electrons. The number of pyridine rings is 1. The van der Waals surface area contributed by atoms with E-state index in [1.165, 1.54) is 0 Å². The molecule has 15 heavy (non-hydrogen) atoms. The molecule has 0 bridgehead atoms. The van der Waals surface area contributed by atoms with Gasteiger partial charge in [0.1, 0.15) is 5.15 Å². The van der Waals surface area contributed by atoms with Crippen molar-refractivity contribution in [3.63, 3.8) is 0 Å². The fraction of sp³-hybridized carbons (Fsp3) is 0.100. The molecule has 2 aromatic rings. The molecule has 2 heterocycles. The number of aromatic nitrogens is 3. The lowest BCUT2D eigenvalue weighted by Gasteiger charge is -1.99. The molecule has 2 rings (SSSR count). The molecule has 0 saturated carbocycles. The van der Waals surface area contributed by atoms with Crippen molar-refractivity contribution in [1.82, 2.24) is 15.0 Å². The summed E-state index contributed by atoms with van der Waals surface area (Å²) in [5.41, 5.74) is 0.898. The Morgan fingerprint density at radius 1 is 1.13 bits per heavy atom. The van der Waals surface area contributed by atoms with Gasteiger partial charge in [-0.15, -0.1) is 0 Å². The van der Waals surface area contributed by atoms with Crippen molar-refractivity contribution in [2.24, 2.45) is 0 Å². The van der Waals surface area contributed by atoms with Crippen LogP contribution in [0.25, 0.3) is 0 Å². The highest BCUT2D eigenvalue weighted by atomic mass is 35.5. The molecule has 0 N–H and O–H groups in total. The predicted molar refractivity (Wildman–Crippen MR) is 60.8 cm³/mol. The van der Waals surface area contributed by atoms with Crippen LogP contribution in [0.4, 0.5) is 0 Å². The van der Waals surface area contributed by atoms with Crippen LogP contribution in [-0.4, -0.2) is 15.0 Å². The van der Waals surface area contributed by atoms with Gasteiger partial charge in [-0.3, -0.25) is 4.98 Å². The van der Waals surface area contributed by atoms with Crippen LogP contribution in [0.1, 0.15) is 5.69 Å². The highest BCUT2D eigenvalue weighted by Gasteiger charge is 1.98. The first-order valence-corrected chi connectivity index (χ1v) is 5.71. The quantitative estimate of drug-likeness (QED) is 0.770. The molecular formula is C10H8ClN3S. The Morgan fingerprint density at radius 2 is 2.07 bits per heavy atom. The highest BCUT2D eigenvalue weighted by molar-refractivity contribution is 7.98. The van der Waals surface area contributed by atoms with Crippen LogP contribution in [0, 0.1) is 0 Å². The maximum atomic E-state index is 5.64. The summed E-state index contributed by atoms with van der Waals surface area (Å²) in [7, 11) is 0. The number of hydrogen-bond acceptors (Lipinski definition) is 4. The van der Waals surface area contributed by atoms with E-state index in [0.717, 1.165) is 16.5 Å². The second kappa shape index (κ2) is 5.09. The molecule has 0 spiro atoms. The minimum absolute atomic E-state index is 0.418. The Kier molecular flexibility index (Phi) is 3.53. The lowest BCUT2D eigenvalue weighted by atomic mass is 10.5. The second-order valence-corrected chi connectivity index (χ2v) is 4.17. The lowest BCUT2D eigenvalue weighted by Crippen LogP contribution is -1.88. The maximum absolute atomic E-state index is 5.64. The zero-order chi connectivity index (χ0) is 10.5. The molecule has 0 aliphatic carbocycles. The molecule has 76 valence electrons. The summed E-state index contributed by atoms with van der Waals surface area (Å²) in [4.78, 5) is 12.3. The van der Waals surface area contributed by atoms with E-state index in [1.54, 1.807) is 30.4 Å². The van der Waals surface area contributed by atoms with Crippen LogP contribution >= 0.6 is 23.4 Å². The third-order valence-corrected chi connectivity index (χ3v) is 2.85. The number of hydrogen-bond donors (Lipinski definition) is 0. The van der Waals surface area contributed by atoms with E-state index in [0.29, 0.717) is 5.15 Å². The standard InChI is InChI=1S/C10H8ClN3S/c11-9-6-13-8(5-14-9)7-15-10-3-1-2-4-12-10/h1-6H,7H2. The molecule has 2 aromatic heterocycles. The lowest BCUT2D eigenvalue weighted by molar-refractivity contribution is 1.09. The molecule has 0 aliphatic rings. The normalized spacial score (nSPS) is 10.2. The van der Waals surface area contributed by atoms with E-state index in [-0.39, 0.29) is 0 Å².